The van der Waals surface area contributed by atoms with E-state index in [4.69, 9.17) is 5.73 Å². The van der Waals surface area contributed by atoms with Gasteiger partial charge in [-0.15, -0.1) is 5.10 Å². The van der Waals surface area contributed by atoms with E-state index in [0.29, 0.717) is 11.7 Å². The van der Waals surface area contributed by atoms with Crippen LogP contribution in [0.15, 0.2) is 54.9 Å². The van der Waals surface area contributed by atoms with Crippen molar-refractivity contribution in [1.82, 2.24) is 24.9 Å². The van der Waals surface area contributed by atoms with Gasteiger partial charge in [-0.05, 0) is 31.4 Å². The van der Waals surface area contributed by atoms with Gasteiger partial charge in [-0.25, -0.2) is 4.98 Å². The molecule has 6 nitrogen and oxygen atoms in total. The van der Waals surface area contributed by atoms with Crippen LogP contribution in [0.5, 0.6) is 0 Å². The number of likely N-dealkylation sites (tertiary alicyclic amines) is 1. The summed E-state index contributed by atoms with van der Waals surface area (Å²) < 4.78 is 1.98. The molecular weight excluding hydrogens is 324 g/mol. The first-order valence-corrected chi connectivity index (χ1v) is 9.15. The molecule has 26 heavy (non-hydrogen) atoms. The maximum absolute atomic E-state index is 5.99. The van der Waals surface area contributed by atoms with Crippen molar-refractivity contribution >= 4 is 5.82 Å². The summed E-state index contributed by atoms with van der Waals surface area (Å²) in [5, 5.41) is 8.65. The Hall–Kier alpha value is -2.73. The maximum Gasteiger partial charge on any atom is 0.127 e. The van der Waals surface area contributed by atoms with Gasteiger partial charge < -0.3 is 5.73 Å². The quantitative estimate of drug-likeness (QED) is 0.767. The third-order valence-electron chi connectivity index (χ3n) is 4.98. The van der Waals surface area contributed by atoms with Crippen molar-refractivity contribution in [2.75, 3.05) is 18.8 Å². The van der Waals surface area contributed by atoms with E-state index in [0.717, 1.165) is 43.0 Å². The lowest BCUT2D eigenvalue weighted by molar-refractivity contribution is 0.153. The maximum atomic E-state index is 5.99. The van der Waals surface area contributed by atoms with E-state index in [-0.39, 0.29) is 0 Å². The van der Waals surface area contributed by atoms with Gasteiger partial charge in [0.1, 0.15) is 11.5 Å². The van der Waals surface area contributed by atoms with Crippen LogP contribution in [-0.4, -0.2) is 38.0 Å². The molecule has 0 aliphatic carbocycles. The summed E-state index contributed by atoms with van der Waals surface area (Å²) in [5.74, 6) is 1.21. The highest BCUT2D eigenvalue weighted by molar-refractivity contribution is 5.57. The van der Waals surface area contributed by atoms with E-state index < -0.39 is 0 Å². The number of hydrogen-bond donors (Lipinski definition) is 1. The lowest BCUT2D eigenvalue weighted by Crippen LogP contribution is -2.36. The molecule has 0 saturated carbocycles. The highest BCUT2D eigenvalue weighted by atomic mass is 15.4. The molecule has 1 aromatic carbocycles. The number of anilines is 1. The summed E-state index contributed by atoms with van der Waals surface area (Å²) >= 11 is 0. The SMILES string of the molecule is Nc1ncccc1CN1CCCC(Cn2cc(-c3ccccc3)nn2)C1. The van der Waals surface area contributed by atoms with Gasteiger partial charge in [0.15, 0.2) is 0 Å². The minimum absolute atomic E-state index is 0.576. The van der Waals surface area contributed by atoms with Gasteiger partial charge in [-0.3, -0.25) is 9.58 Å². The van der Waals surface area contributed by atoms with Crippen LogP contribution in [-0.2, 0) is 13.1 Å². The molecule has 2 N–H and O–H groups in total. The van der Waals surface area contributed by atoms with Crippen LogP contribution >= 0.6 is 0 Å². The molecule has 1 fully saturated rings. The van der Waals surface area contributed by atoms with Gasteiger partial charge in [-0.1, -0.05) is 41.6 Å². The molecule has 1 saturated heterocycles. The zero-order valence-electron chi connectivity index (χ0n) is 14.8. The summed E-state index contributed by atoms with van der Waals surface area (Å²) in [4.78, 5) is 6.66. The average molecular weight is 348 g/mol. The number of nitrogens with two attached hydrogens (primary N) is 1. The minimum atomic E-state index is 0.576. The Morgan fingerprint density at radius 1 is 1.12 bits per heavy atom. The molecule has 134 valence electrons. The third-order valence-corrected chi connectivity index (χ3v) is 4.98. The molecule has 6 heteroatoms. The van der Waals surface area contributed by atoms with Crippen molar-refractivity contribution in [2.45, 2.75) is 25.9 Å². The molecular formula is C20H24N6. The van der Waals surface area contributed by atoms with E-state index in [1.807, 2.05) is 35.1 Å². The molecule has 3 heterocycles. The van der Waals surface area contributed by atoms with Crippen molar-refractivity contribution in [3.05, 3.63) is 60.4 Å². The standard InChI is InChI=1S/C20H24N6/c21-20-18(9-4-10-22-20)14-25-11-5-6-16(12-25)13-26-15-19(23-24-26)17-7-2-1-3-8-17/h1-4,7-10,15-16H,5-6,11-14H2,(H2,21,22). The summed E-state index contributed by atoms with van der Waals surface area (Å²) in [5.41, 5.74) is 9.14. The van der Waals surface area contributed by atoms with E-state index >= 15 is 0 Å². The zero-order valence-corrected chi connectivity index (χ0v) is 14.8. The zero-order chi connectivity index (χ0) is 17.8. The lowest BCUT2D eigenvalue weighted by Gasteiger charge is -2.32. The molecule has 0 amide bonds. The fourth-order valence-electron chi connectivity index (χ4n) is 3.66. The van der Waals surface area contributed by atoms with E-state index in [1.54, 1.807) is 6.20 Å². The first-order valence-electron chi connectivity index (χ1n) is 9.15. The van der Waals surface area contributed by atoms with Gasteiger partial charge in [0.25, 0.3) is 0 Å². The highest BCUT2D eigenvalue weighted by Crippen LogP contribution is 2.22. The first kappa shape index (κ1) is 16.7. The van der Waals surface area contributed by atoms with Crippen LogP contribution in [0.1, 0.15) is 18.4 Å². The number of aromatic nitrogens is 4. The van der Waals surface area contributed by atoms with Crippen molar-refractivity contribution in [3.8, 4) is 11.3 Å². The Labute approximate surface area is 153 Å². The number of nitrogen functional groups attached to an aromatic ring is 1. The molecule has 0 radical (unpaired) electrons. The van der Waals surface area contributed by atoms with Crippen molar-refractivity contribution in [3.63, 3.8) is 0 Å². The summed E-state index contributed by atoms with van der Waals surface area (Å²) in [6.07, 6.45) is 6.21. The van der Waals surface area contributed by atoms with Gasteiger partial charge in [0, 0.05) is 37.0 Å². The van der Waals surface area contributed by atoms with Crippen LogP contribution in [0, 0.1) is 5.92 Å². The third kappa shape index (κ3) is 3.91. The van der Waals surface area contributed by atoms with Crippen LogP contribution < -0.4 is 5.73 Å². The Morgan fingerprint density at radius 3 is 2.85 bits per heavy atom. The normalized spacial score (nSPS) is 18.1. The van der Waals surface area contributed by atoms with Crippen LogP contribution in [0.4, 0.5) is 5.82 Å². The Bertz CT molecular complexity index is 844. The molecule has 3 aromatic rings. The Morgan fingerprint density at radius 2 is 2.00 bits per heavy atom. The Balaban J connectivity index is 1.38. The molecule has 1 aliphatic rings. The van der Waals surface area contributed by atoms with E-state index in [1.165, 1.54) is 12.8 Å². The van der Waals surface area contributed by atoms with Gasteiger partial charge >= 0.3 is 0 Å². The largest absolute Gasteiger partial charge is 0.383 e. The second kappa shape index (κ2) is 7.66. The fourth-order valence-corrected chi connectivity index (χ4v) is 3.66. The van der Waals surface area contributed by atoms with Gasteiger partial charge in [-0.2, -0.15) is 0 Å². The topological polar surface area (TPSA) is 72.9 Å². The second-order valence-corrected chi connectivity index (χ2v) is 6.98. The van der Waals surface area contributed by atoms with Crippen molar-refractivity contribution in [2.24, 2.45) is 5.92 Å². The van der Waals surface area contributed by atoms with Crippen LogP contribution in [0.3, 0.4) is 0 Å². The smallest absolute Gasteiger partial charge is 0.127 e. The highest BCUT2D eigenvalue weighted by Gasteiger charge is 2.21. The number of nitrogens with zero attached hydrogens (tertiary/aromatic N) is 5. The molecule has 0 bridgehead atoms. The predicted octanol–water partition coefficient (Wildman–Crippen LogP) is 2.83. The molecule has 1 aliphatic heterocycles. The number of rotatable bonds is 5. The molecule has 1 atom stereocenters. The summed E-state index contributed by atoms with van der Waals surface area (Å²) in [7, 11) is 0. The lowest BCUT2D eigenvalue weighted by atomic mass is 9.97. The van der Waals surface area contributed by atoms with Crippen molar-refractivity contribution < 1.29 is 0 Å². The molecule has 0 spiro atoms. The van der Waals surface area contributed by atoms with Crippen LogP contribution in [0.2, 0.25) is 0 Å². The van der Waals surface area contributed by atoms with E-state index in [2.05, 4.69) is 38.4 Å². The van der Waals surface area contributed by atoms with Crippen LogP contribution in [0.25, 0.3) is 11.3 Å². The number of pyridine rings is 1. The average Bonchev–Trinajstić information content (AvgIpc) is 3.13. The van der Waals surface area contributed by atoms with Crippen molar-refractivity contribution in [1.29, 1.82) is 0 Å². The predicted molar refractivity (Wildman–Crippen MR) is 102 cm³/mol. The first-order chi connectivity index (χ1) is 12.8. The van der Waals surface area contributed by atoms with E-state index in [9.17, 15) is 0 Å². The second-order valence-electron chi connectivity index (χ2n) is 6.98. The molecule has 4 rings (SSSR count). The van der Waals surface area contributed by atoms with Gasteiger partial charge in [0.2, 0.25) is 0 Å². The summed E-state index contributed by atoms with van der Waals surface area (Å²) in [6.45, 7) is 3.92. The monoisotopic (exact) mass is 348 g/mol. The number of benzene rings is 1. The molecule has 2 aromatic heterocycles. The summed E-state index contributed by atoms with van der Waals surface area (Å²) in [6, 6.07) is 14.2. The van der Waals surface area contributed by atoms with Gasteiger partial charge in [0.05, 0.1) is 6.20 Å². The fraction of sp³-hybridized carbons (Fsp3) is 0.350. The molecule has 1 unspecified atom stereocenters. The number of hydrogen-bond acceptors (Lipinski definition) is 5. The Kier molecular flexibility index (Phi) is 4.93. The minimum Gasteiger partial charge on any atom is -0.383 e. The number of piperidine rings is 1.